The molecule has 3 heterocycles. The van der Waals surface area contributed by atoms with Crippen molar-refractivity contribution in [3.05, 3.63) is 131 Å². The van der Waals surface area contributed by atoms with E-state index in [-0.39, 0.29) is 28.9 Å². The summed E-state index contributed by atoms with van der Waals surface area (Å²) in [7, 11) is -8.16. The fraction of sp³-hybridized carbons (Fsp3) is 0.500. The molecule has 1 fully saturated rings. The molecule has 8 N–H and O–H groups in total. The fourth-order valence-electron chi connectivity index (χ4n) is 10.3. The largest absolute Gasteiger partial charge is 0.493 e. The Hall–Kier alpha value is -4.73. The molecule has 0 radical (unpaired) electrons. The maximum atomic E-state index is 11.6. The van der Waals surface area contributed by atoms with Gasteiger partial charge in [0.25, 0.3) is 20.2 Å². The van der Waals surface area contributed by atoms with Crippen molar-refractivity contribution in [2.75, 3.05) is 49.2 Å². The molecule has 7 rings (SSSR count). The molecule has 16 nitrogen and oxygen atoms in total. The predicted octanol–water partition coefficient (Wildman–Crippen LogP) is 6.60. The zero-order valence-corrected chi connectivity index (χ0v) is 43.5. The highest BCUT2D eigenvalue weighted by molar-refractivity contribution is 7.86. The van der Waals surface area contributed by atoms with Crippen LogP contribution in [0.3, 0.4) is 0 Å². The highest BCUT2D eigenvalue weighted by atomic mass is 32.2. The SMILES string of the molecule is CC1(C)C(/C=C/C2=C(Oc3cccc(OCCCCNC[C@H]4O[C@@H](O)[C@H](N)[C@@H](O)[C@@H]4O)c3)C(=C/C=C3/N(CCCCS(=O)(=O)O)c4ccccc4C3(C)C)/CCC2)=[N+](CCCCS(=O)(=O)O)c2ccccc21. The van der Waals surface area contributed by atoms with E-state index in [0.29, 0.717) is 63.4 Å². The Morgan fingerprint density at radius 3 is 2.24 bits per heavy atom. The van der Waals surface area contributed by atoms with Crippen LogP contribution >= 0.6 is 0 Å². The summed E-state index contributed by atoms with van der Waals surface area (Å²) in [6, 6.07) is 23.0. The summed E-state index contributed by atoms with van der Waals surface area (Å²) in [4.78, 5) is 2.25. The lowest BCUT2D eigenvalue weighted by Crippen LogP contribution is -2.62. The summed E-state index contributed by atoms with van der Waals surface area (Å²) >= 11 is 0. The molecule has 1 saturated heterocycles. The Bertz CT molecular complexity index is 2790. The van der Waals surface area contributed by atoms with Crippen LogP contribution in [-0.4, -0.2) is 126 Å². The number of aliphatic hydroxyl groups excluding tert-OH is 3. The van der Waals surface area contributed by atoms with Gasteiger partial charge >= 0.3 is 0 Å². The fourth-order valence-corrected chi connectivity index (χ4v) is 11.4. The number of fused-ring (bicyclic) bond motifs is 2. The molecule has 72 heavy (non-hydrogen) atoms. The van der Waals surface area contributed by atoms with Crippen molar-refractivity contribution in [1.82, 2.24) is 5.32 Å². The highest BCUT2D eigenvalue weighted by Gasteiger charge is 2.45. The molecule has 3 aromatic rings. The molecule has 5 atom stereocenters. The Labute approximate surface area is 425 Å². The summed E-state index contributed by atoms with van der Waals surface area (Å²) in [5, 5.41) is 33.6. The summed E-state index contributed by atoms with van der Waals surface area (Å²) < 4.78 is 86.0. The van der Waals surface area contributed by atoms with Crippen molar-refractivity contribution in [2.24, 2.45) is 5.73 Å². The van der Waals surface area contributed by atoms with Crippen LogP contribution in [0.15, 0.2) is 120 Å². The van der Waals surface area contributed by atoms with Crippen LogP contribution in [0.2, 0.25) is 0 Å². The molecule has 0 saturated carbocycles. The number of nitrogens with zero attached hydrogens (tertiary/aromatic N) is 2. The molecular weight excluding hydrogens is 961 g/mol. The van der Waals surface area contributed by atoms with Gasteiger partial charge in [0.05, 0.1) is 29.6 Å². The predicted molar refractivity (Wildman–Crippen MR) is 279 cm³/mol. The average molecular weight is 1030 g/mol. The first-order valence-electron chi connectivity index (χ1n) is 25.1. The van der Waals surface area contributed by atoms with E-state index in [9.17, 15) is 41.3 Å². The molecule has 0 aromatic heterocycles. The third-order valence-corrected chi connectivity index (χ3v) is 15.8. The maximum Gasteiger partial charge on any atom is 0.264 e. The van der Waals surface area contributed by atoms with Gasteiger partial charge in [0.2, 0.25) is 5.69 Å². The normalized spacial score (nSPS) is 24.1. The first kappa shape index (κ1) is 55.0. The molecule has 18 heteroatoms. The maximum absolute atomic E-state index is 11.6. The Kier molecular flexibility index (Phi) is 18.1. The van der Waals surface area contributed by atoms with Crippen molar-refractivity contribution in [3.8, 4) is 11.5 Å². The lowest BCUT2D eigenvalue weighted by Gasteiger charge is -2.39. The number of hydrogen-bond donors (Lipinski definition) is 7. The number of ether oxygens (including phenoxy) is 3. The molecule has 1 aliphatic carbocycles. The summed E-state index contributed by atoms with van der Waals surface area (Å²) in [6.45, 7) is 11.2. The van der Waals surface area contributed by atoms with Crippen molar-refractivity contribution >= 4 is 37.3 Å². The van der Waals surface area contributed by atoms with E-state index in [1.54, 1.807) is 0 Å². The average Bonchev–Trinajstić information content (AvgIpc) is 3.68. The van der Waals surface area contributed by atoms with E-state index >= 15 is 0 Å². The first-order valence-corrected chi connectivity index (χ1v) is 28.3. The number of nitrogens with one attached hydrogen (secondary N) is 1. The van der Waals surface area contributed by atoms with Crippen molar-refractivity contribution in [3.63, 3.8) is 0 Å². The molecule has 4 aliphatic rings. The molecule has 392 valence electrons. The van der Waals surface area contributed by atoms with Crippen LogP contribution in [0.5, 0.6) is 11.5 Å². The number of rotatable bonds is 23. The van der Waals surface area contributed by atoms with Crippen LogP contribution in [0.25, 0.3) is 0 Å². The van der Waals surface area contributed by atoms with Gasteiger partial charge in [-0.2, -0.15) is 21.4 Å². The lowest BCUT2D eigenvalue weighted by molar-refractivity contribution is -0.438. The highest BCUT2D eigenvalue weighted by Crippen LogP contribution is 2.48. The minimum atomic E-state index is -4.08. The molecule has 3 aliphatic heterocycles. The summed E-state index contributed by atoms with van der Waals surface area (Å²) in [5.74, 6) is 1.37. The number of nitrogens with two attached hydrogens (primary N) is 1. The minimum absolute atomic E-state index is 0.231. The Morgan fingerprint density at radius 1 is 0.792 bits per heavy atom. The van der Waals surface area contributed by atoms with Crippen LogP contribution in [0, 0.1) is 0 Å². The van der Waals surface area contributed by atoms with Crippen LogP contribution in [-0.2, 0) is 35.8 Å². The molecule has 0 amide bonds. The topological polar surface area (TPSA) is 241 Å². The quantitative estimate of drug-likeness (QED) is 0.0301. The van der Waals surface area contributed by atoms with Gasteiger partial charge in [-0.25, -0.2) is 0 Å². The second-order valence-electron chi connectivity index (χ2n) is 20.2. The minimum Gasteiger partial charge on any atom is -0.493 e. The van der Waals surface area contributed by atoms with Gasteiger partial charge in [-0.1, -0.05) is 62.4 Å². The first-order chi connectivity index (χ1) is 34.2. The summed E-state index contributed by atoms with van der Waals surface area (Å²) in [5.41, 5.74) is 13.5. The molecule has 0 bridgehead atoms. The van der Waals surface area contributed by atoms with E-state index in [1.807, 2.05) is 48.5 Å². The number of hydrogen-bond acceptors (Lipinski definition) is 13. The standard InChI is InChI=1S/C54H72N4O12S2/c1-53(2)41-21-5-7-23-43(41)57(30-10-13-33-71(62,63)64)46(53)27-25-37-17-15-18-38(26-28-47-54(3,4)42-22-6-8-24-44(42)58(47)31-11-14-34-72(65,66)67)51(37)69-40-20-16-19-39(35-40)68-32-12-9-29-56-36-45-49(59)50(60)48(55)52(61)70-45/h5-8,16,19-28,35,45,48-50,52,56,59-61H,9-15,17-18,29-34,36,55H2,1-4H3,(H-,62,63,64,65,66,67)/p+1/t45-,48-,49-,50-,52-/m1/s1. The summed E-state index contributed by atoms with van der Waals surface area (Å²) in [6.07, 6.45) is 9.55. The number of benzene rings is 3. The van der Waals surface area contributed by atoms with Gasteiger partial charge in [-0.3, -0.25) is 9.11 Å². The Morgan fingerprint density at radius 2 is 1.49 bits per heavy atom. The van der Waals surface area contributed by atoms with Crippen LogP contribution in [0.1, 0.15) is 96.6 Å². The van der Waals surface area contributed by atoms with Gasteiger partial charge < -0.3 is 45.5 Å². The molecule has 0 unspecified atom stereocenters. The van der Waals surface area contributed by atoms with E-state index in [4.69, 9.17) is 19.9 Å². The zero-order chi connectivity index (χ0) is 51.8. The van der Waals surface area contributed by atoms with E-state index < -0.39 is 50.9 Å². The lowest BCUT2D eigenvalue weighted by atomic mass is 9.81. The van der Waals surface area contributed by atoms with Gasteiger partial charge in [-0.05, 0) is 119 Å². The van der Waals surface area contributed by atoms with Crippen molar-refractivity contribution in [2.45, 2.75) is 127 Å². The third-order valence-electron chi connectivity index (χ3n) is 14.2. The number of aliphatic hydroxyl groups is 3. The molecular formula is C54H73N4O12S2+. The Balaban J connectivity index is 1.16. The molecule has 3 aromatic carbocycles. The zero-order valence-electron chi connectivity index (χ0n) is 41.8. The van der Waals surface area contributed by atoms with Gasteiger partial charge in [0.1, 0.15) is 42.1 Å². The van der Waals surface area contributed by atoms with Crippen molar-refractivity contribution < 1.29 is 60.0 Å². The van der Waals surface area contributed by atoms with Crippen molar-refractivity contribution in [1.29, 1.82) is 0 Å². The van der Waals surface area contributed by atoms with Gasteiger partial charge in [0.15, 0.2) is 12.0 Å². The number of anilines is 1. The van der Waals surface area contributed by atoms with Gasteiger partial charge in [-0.15, -0.1) is 0 Å². The second kappa shape index (κ2) is 23.6. The number of allylic oxidation sites excluding steroid dienone is 7. The monoisotopic (exact) mass is 1030 g/mol. The van der Waals surface area contributed by atoms with Gasteiger partial charge in [0, 0.05) is 60.1 Å². The van der Waals surface area contributed by atoms with Crippen LogP contribution < -0.4 is 25.4 Å². The van der Waals surface area contributed by atoms with E-state index in [2.05, 4.69) is 91.1 Å². The number of unbranched alkanes of at least 4 members (excludes halogenated alkanes) is 3. The van der Waals surface area contributed by atoms with E-state index in [0.717, 1.165) is 82.9 Å². The second-order valence-corrected chi connectivity index (χ2v) is 23.3. The smallest absolute Gasteiger partial charge is 0.264 e. The van der Waals surface area contributed by atoms with E-state index in [1.165, 1.54) is 0 Å². The van der Waals surface area contributed by atoms with Crippen LogP contribution in [0.4, 0.5) is 11.4 Å². The third kappa shape index (κ3) is 13.5. The molecule has 0 spiro atoms. The number of para-hydroxylation sites is 2.